The van der Waals surface area contributed by atoms with Gasteiger partial charge in [0.15, 0.2) is 0 Å². The van der Waals surface area contributed by atoms with E-state index < -0.39 is 0 Å². The van der Waals surface area contributed by atoms with Gasteiger partial charge >= 0.3 is 0 Å². The van der Waals surface area contributed by atoms with Gasteiger partial charge in [0.2, 0.25) is 0 Å². The van der Waals surface area contributed by atoms with Crippen LogP contribution in [0.3, 0.4) is 0 Å². The van der Waals surface area contributed by atoms with Gasteiger partial charge in [0.25, 0.3) is 0 Å². The summed E-state index contributed by atoms with van der Waals surface area (Å²) in [5.74, 6) is 1.10. The molecule has 1 aromatic rings. The molecule has 10 heavy (non-hydrogen) atoms. The van der Waals surface area contributed by atoms with Crippen LogP contribution < -0.4 is 0 Å². The van der Waals surface area contributed by atoms with Crippen LogP contribution in [0.15, 0.2) is 6.20 Å². The molecule has 0 radical (unpaired) electrons. The van der Waals surface area contributed by atoms with Crippen molar-refractivity contribution in [1.82, 2.24) is 9.55 Å². The van der Waals surface area contributed by atoms with Crippen molar-refractivity contribution in [3.8, 4) is 0 Å². The van der Waals surface area contributed by atoms with E-state index >= 15 is 0 Å². The smallest absolute Gasteiger partial charge is 0.106 e. The van der Waals surface area contributed by atoms with Crippen molar-refractivity contribution in [2.24, 2.45) is 0 Å². The Hall–Kier alpha value is -0.0600. The van der Waals surface area contributed by atoms with Crippen LogP contribution in [0.25, 0.3) is 0 Å². The molecule has 1 atom stereocenters. The predicted octanol–water partition coefficient (Wildman–Crippen LogP) is 2.45. The predicted molar refractivity (Wildman–Crippen MR) is 50.4 cm³/mol. The van der Waals surface area contributed by atoms with Crippen molar-refractivity contribution in [2.75, 3.05) is 0 Å². The van der Waals surface area contributed by atoms with E-state index in [1.54, 1.807) is 0 Å². The van der Waals surface area contributed by atoms with Crippen LogP contribution >= 0.6 is 22.6 Å². The molecular formula is C7H11IN2. The van der Waals surface area contributed by atoms with Gasteiger partial charge in [-0.15, -0.1) is 0 Å². The largest absolute Gasteiger partial charge is 0.323 e. The minimum absolute atomic E-state index is 0.499. The molecule has 0 bridgehead atoms. The molecule has 0 amide bonds. The van der Waals surface area contributed by atoms with Crippen LogP contribution in [-0.4, -0.2) is 9.55 Å². The molecule has 0 aromatic carbocycles. The third-order valence-corrected chi connectivity index (χ3v) is 2.02. The van der Waals surface area contributed by atoms with Crippen molar-refractivity contribution in [3.63, 3.8) is 0 Å². The van der Waals surface area contributed by atoms with E-state index in [9.17, 15) is 0 Å². The number of aromatic nitrogens is 2. The lowest BCUT2D eigenvalue weighted by Gasteiger charge is -2.05. The van der Waals surface area contributed by atoms with Gasteiger partial charge in [0.05, 0.1) is 9.74 Å². The fraction of sp³-hybridized carbons (Fsp3) is 0.571. The first-order valence-electron chi connectivity index (χ1n) is 3.27. The molecule has 0 saturated carbocycles. The molecular weight excluding hydrogens is 239 g/mol. The van der Waals surface area contributed by atoms with E-state index in [-0.39, 0.29) is 0 Å². The van der Waals surface area contributed by atoms with E-state index in [2.05, 4.69) is 45.3 Å². The number of halogens is 1. The summed E-state index contributed by atoms with van der Waals surface area (Å²) in [6.45, 7) is 6.19. The van der Waals surface area contributed by atoms with E-state index in [0.717, 1.165) is 11.5 Å². The van der Waals surface area contributed by atoms with Crippen LogP contribution in [0.5, 0.6) is 0 Å². The first kappa shape index (κ1) is 8.04. The van der Waals surface area contributed by atoms with Gasteiger partial charge in [-0.2, -0.15) is 0 Å². The quantitative estimate of drug-likeness (QED) is 0.553. The number of nitrogens with zero attached hydrogens (tertiary/aromatic N) is 2. The fourth-order valence-electron chi connectivity index (χ4n) is 0.997. The van der Waals surface area contributed by atoms with Gasteiger partial charge in [0.1, 0.15) is 5.82 Å². The highest BCUT2D eigenvalue weighted by Crippen LogP contribution is 2.16. The minimum Gasteiger partial charge on any atom is -0.323 e. The summed E-state index contributed by atoms with van der Waals surface area (Å²) in [4.78, 5) is 4.29. The third-order valence-electron chi connectivity index (χ3n) is 1.42. The van der Waals surface area contributed by atoms with Crippen LogP contribution in [0.4, 0.5) is 0 Å². The lowest BCUT2D eigenvalue weighted by molar-refractivity contribution is 0.736. The molecule has 1 rings (SSSR count). The number of hydrogen-bond acceptors (Lipinski definition) is 1. The number of alkyl halides is 1. The normalized spacial score (nSPS) is 13.6. The summed E-state index contributed by atoms with van der Waals surface area (Å²) in [5, 5.41) is 0. The van der Waals surface area contributed by atoms with E-state index in [4.69, 9.17) is 0 Å². The topological polar surface area (TPSA) is 17.8 Å². The second kappa shape index (κ2) is 2.90. The maximum atomic E-state index is 4.29. The number of rotatable bonds is 1. The minimum atomic E-state index is 0.499. The molecule has 0 aliphatic carbocycles. The average Bonchev–Trinajstić information content (AvgIpc) is 2.10. The molecule has 0 fully saturated rings. The van der Waals surface area contributed by atoms with Crippen molar-refractivity contribution in [2.45, 2.75) is 24.8 Å². The van der Waals surface area contributed by atoms with Crippen LogP contribution in [0, 0.1) is 13.8 Å². The summed E-state index contributed by atoms with van der Waals surface area (Å²) >= 11 is 2.37. The lowest BCUT2D eigenvalue weighted by Crippen LogP contribution is -1.97. The molecule has 3 heteroatoms. The zero-order valence-corrected chi connectivity index (χ0v) is 8.58. The number of aryl methyl sites for hydroxylation is 2. The first-order chi connectivity index (χ1) is 4.61. The van der Waals surface area contributed by atoms with Gasteiger partial charge in [0, 0.05) is 6.20 Å². The Bertz CT molecular complexity index is 228. The molecule has 0 N–H and O–H groups in total. The molecule has 0 saturated heterocycles. The second-order valence-corrected chi connectivity index (χ2v) is 4.21. The summed E-state index contributed by atoms with van der Waals surface area (Å²) in [5.41, 5.74) is 1.10. The lowest BCUT2D eigenvalue weighted by atomic mass is 10.6. The van der Waals surface area contributed by atoms with Crippen molar-refractivity contribution in [1.29, 1.82) is 0 Å². The standard InChI is InChI=1S/C7H11IN2/c1-5-4-10(6(2)8)7(3)9-5/h4,6H,1-3H3. The summed E-state index contributed by atoms with van der Waals surface area (Å²) in [6.07, 6.45) is 2.08. The zero-order valence-electron chi connectivity index (χ0n) is 6.43. The van der Waals surface area contributed by atoms with Gasteiger partial charge in [-0.05, 0) is 20.8 Å². The Morgan fingerprint density at radius 2 is 2.20 bits per heavy atom. The van der Waals surface area contributed by atoms with Crippen molar-refractivity contribution < 1.29 is 0 Å². The SMILES string of the molecule is Cc1cn(C(C)I)c(C)n1. The van der Waals surface area contributed by atoms with Crippen LogP contribution in [-0.2, 0) is 0 Å². The fourth-order valence-corrected chi connectivity index (χ4v) is 1.56. The highest BCUT2D eigenvalue weighted by atomic mass is 127. The Morgan fingerprint density at radius 1 is 1.60 bits per heavy atom. The van der Waals surface area contributed by atoms with Gasteiger partial charge in [-0.1, -0.05) is 22.6 Å². The average molecular weight is 250 g/mol. The number of hydrogen-bond donors (Lipinski definition) is 0. The monoisotopic (exact) mass is 250 g/mol. The Kier molecular flexibility index (Phi) is 2.33. The highest BCUT2D eigenvalue weighted by molar-refractivity contribution is 14.1. The van der Waals surface area contributed by atoms with Gasteiger partial charge in [-0.3, -0.25) is 0 Å². The molecule has 1 heterocycles. The second-order valence-electron chi connectivity index (χ2n) is 2.41. The van der Waals surface area contributed by atoms with E-state index in [1.807, 2.05) is 13.8 Å². The van der Waals surface area contributed by atoms with Crippen molar-refractivity contribution in [3.05, 3.63) is 17.7 Å². The van der Waals surface area contributed by atoms with Crippen molar-refractivity contribution >= 4 is 22.6 Å². The van der Waals surface area contributed by atoms with Crippen LogP contribution in [0.1, 0.15) is 22.5 Å². The summed E-state index contributed by atoms with van der Waals surface area (Å²) in [6, 6.07) is 0. The molecule has 2 nitrogen and oxygen atoms in total. The van der Waals surface area contributed by atoms with Crippen LogP contribution in [0.2, 0.25) is 0 Å². The molecule has 0 aliphatic heterocycles. The Morgan fingerprint density at radius 3 is 2.40 bits per heavy atom. The Labute approximate surface area is 74.8 Å². The number of imidazole rings is 1. The Balaban J connectivity index is 3.03. The van der Waals surface area contributed by atoms with Gasteiger partial charge < -0.3 is 4.57 Å². The maximum absolute atomic E-state index is 4.29. The van der Waals surface area contributed by atoms with E-state index in [0.29, 0.717) is 4.05 Å². The molecule has 0 aliphatic rings. The first-order valence-corrected chi connectivity index (χ1v) is 4.52. The van der Waals surface area contributed by atoms with E-state index in [1.165, 1.54) is 0 Å². The molecule has 1 unspecified atom stereocenters. The molecule has 56 valence electrons. The summed E-state index contributed by atoms with van der Waals surface area (Å²) in [7, 11) is 0. The highest BCUT2D eigenvalue weighted by Gasteiger charge is 2.03. The maximum Gasteiger partial charge on any atom is 0.106 e. The zero-order chi connectivity index (χ0) is 7.72. The molecule has 0 spiro atoms. The van der Waals surface area contributed by atoms with Gasteiger partial charge in [-0.25, -0.2) is 4.98 Å². The molecule has 1 aromatic heterocycles. The third kappa shape index (κ3) is 1.51. The summed E-state index contributed by atoms with van der Waals surface area (Å²) < 4.78 is 2.66.